The minimum atomic E-state index is -0.529. The monoisotopic (exact) mass is 349 g/mol. The molecule has 7 heteroatoms. The number of aromatic amines is 1. The topological polar surface area (TPSA) is 105 Å². The molecule has 26 heavy (non-hydrogen) atoms. The van der Waals surface area contributed by atoms with Gasteiger partial charge in [-0.1, -0.05) is 30.3 Å². The molecule has 1 heterocycles. The largest absolute Gasteiger partial charge is 0.349 e. The molecular weight excluding hydrogens is 334 g/mol. The van der Waals surface area contributed by atoms with Gasteiger partial charge in [-0.3, -0.25) is 19.7 Å². The van der Waals surface area contributed by atoms with Crippen LogP contribution in [-0.2, 0) is 0 Å². The predicted molar refractivity (Wildman–Crippen MR) is 96.3 cm³/mol. The average Bonchev–Trinajstić information content (AvgIpc) is 3.40. The lowest BCUT2D eigenvalue weighted by atomic mass is 10.1. The molecule has 1 amide bonds. The second kappa shape index (κ2) is 6.11. The van der Waals surface area contributed by atoms with Crippen LogP contribution in [0.4, 0.5) is 5.69 Å². The molecular formula is C19H15N3O4. The van der Waals surface area contributed by atoms with Gasteiger partial charge in [0, 0.05) is 41.1 Å². The van der Waals surface area contributed by atoms with Gasteiger partial charge in [0.15, 0.2) is 0 Å². The molecule has 2 atom stereocenters. The number of nitro groups is 1. The Balaban J connectivity index is 1.63. The Bertz CT molecular complexity index is 1080. The number of rotatable bonds is 4. The number of non-ortho nitro benzene ring substituents is 1. The number of nitro benzene ring substituents is 1. The van der Waals surface area contributed by atoms with Gasteiger partial charge in [-0.2, -0.15) is 0 Å². The normalized spacial score (nSPS) is 18.5. The van der Waals surface area contributed by atoms with Gasteiger partial charge in [0.05, 0.1) is 10.5 Å². The van der Waals surface area contributed by atoms with E-state index in [1.165, 1.54) is 24.3 Å². The molecule has 1 aliphatic carbocycles. The van der Waals surface area contributed by atoms with Crippen molar-refractivity contribution in [1.82, 2.24) is 10.3 Å². The van der Waals surface area contributed by atoms with E-state index >= 15 is 0 Å². The summed E-state index contributed by atoms with van der Waals surface area (Å²) < 4.78 is 0. The number of H-pyrrole nitrogens is 1. The number of hydrogen-bond donors (Lipinski definition) is 2. The van der Waals surface area contributed by atoms with Gasteiger partial charge >= 0.3 is 0 Å². The van der Waals surface area contributed by atoms with Crippen molar-refractivity contribution in [2.75, 3.05) is 0 Å². The molecule has 1 aromatic heterocycles. The molecule has 0 aliphatic heterocycles. The summed E-state index contributed by atoms with van der Waals surface area (Å²) in [6.07, 6.45) is 0.830. The Morgan fingerprint density at radius 2 is 1.92 bits per heavy atom. The number of amides is 1. The number of aromatic nitrogens is 1. The average molecular weight is 349 g/mol. The van der Waals surface area contributed by atoms with Gasteiger partial charge in [-0.05, 0) is 18.1 Å². The van der Waals surface area contributed by atoms with Gasteiger partial charge in [0.25, 0.3) is 11.6 Å². The van der Waals surface area contributed by atoms with Crippen molar-refractivity contribution in [2.45, 2.75) is 18.4 Å². The smallest absolute Gasteiger partial charge is 0.270 e. The van der Waals surface area contributed by atoms with Gasteiger partial charge in [-0.15, -0.1) is 0 Å². The fourth-order valence-corrected chi connectivity index (χ4v) is 3.21. The molecule has 2 N–H and O–H groups in total. The Morgan fingerprint density at radius 1 is 1.15 bits per heavy atom. The van der Waals surface area contributed by atoms with E-state index in [9.17, 15) is 19.7 Å². The minimum absolute atomic E-state index is 0.00191. The van der Waals surface area contributed by atoms with Crippen LogP contribution in [-0.4, -0.2) is 21.9 Å². The maximum atomic E-state index is 12.7. The fraction of sp³-hybridized carbons (Fsp3) is 0.158. The molecule has 1 aliphatic rings. The molecule has 4 rings (SSSR count). The standard InChI is InChI=1S/C19H15N3O4/c23-18-10-15(14-8-12(22(25)26)6-7-16(14)20-18)19(24)21-17-9-13(17)11-4-2-1-3-5-11/h1-8,10,13,17H,9H2,(H,20,23)(H,21,24)/t13-,17-/m0/s1. The lowest BCUT2D eigenvalue weighted by molar-refractivity contribution is -0.384. The van der Waals surface area contributed by atoms with E-state index in [0.717, 1.165) is 12.0 Å². The van der Waals surface area contributed by atoms with Crippen LogP contribution in [0.5, 0.6) is 0 Å². The Hall–Kier alpha value is -3.48. The molecule has 0 unspecified atom stereocenters. The van der Waals surface area contributed by atoms with E-state index in [4.69, 9.17) is 0 Å². The summed E-state index contributed by atoms with van der Waals surface area (Å²) in [6.45, 7) is 0. The third-order valence-corrected chi connectivity index (χ3v) is 4.62. The van der Waals surface area contributed by atoms with E-state index in [1.54, 1.807) is 0 Å². The highest BCUT2D eigenvalue weighted by molar-refractivity contribution is 6.06. The first kappa shape index (κ1) is 16.0. The third kappa shape index (κ3) is 2.95. The molecule has 0 spiro atoms. The van der Waals surface area contributed by atoms with Gasteiger partial charge in [-0.25, -0.2) is 0 Å². The number of nitrogens with one attached hydrogen (secondary N) is 2. The van der Waals surface area contributed by atoms with Crippen molar-refractivity contribution in [3.63, 3.8) is 0 Å². The first-order valence-corrected chi connectivity index (χ1v) is 8.20. The summed E-state index contributed by atoms with van der Waals surface area (Å²) in [5.41, 5.74) is 1.14. The maximum Gasteiger partial charge on any atom is 0.270 e. The third-order valence-electron chi connectivity index (χ3n) is 4.62. The number of nitrogens with zero attached hydrogens (tertiary/aromatic N) is 1. The number of benzene rings is 2. The van der Waals surface area contributed by atoms with E-state index < -0.39 is 16.4 Å². The van der Waals surface area contributed by atoms with Crippen molar-refractivity contribution in [3.8, 4) is 0 Å². The van der Waals surface area contributed by atoms with E-state index in [2.05, 4.69) is 10.3 Å². The van der Waals surface area contributed by atoms with E-state index in [1.807, 2.05) is 30.3 Å². The summed E-state index contributed by atoms with van der Waals surface area (Å²) in [7, 11) is 0. The maximum absolute atomic E-state index is 12.7. The summed E-state index contributed by atoms with van der Waals surface area (Å²) in [5, 5.41) is 14.3. The van der Waals surface area contributed by atoms with E-state index in [0.29, 0.717) is 10.9 Å². The Kier molecular flexibility index (Phi) is 3.76. The number of carbonyl (C=O) groups is 1. The first-order valence-electron chi connectivity index (χ1n) is 8.20. The van der Waals surface area contributed by atoms with Gasteiger partial charge < -0.3 is 10.3 Å². The molecule has 3 aromatic rings. The summed E-state index contributed by atoms with van der Waals surface area (Å²) >= 11 is 0. The Morgan fingerprint density at radius 3 is 2.65 bits per heavy atom. The number of carbonyl (C=O) groups excluding carboxylic acids is 1. The zero-order valence-electron chi connectivity index (χ0n) is 13.6. The second-order valence-corrected chi connectivity index (χ2v) is 6.37. The summed E-state index contributed by atoms with van der Waals surface area (Å²) in [4.78, 5) is 37.6. The van der Waals surface area contributed by atoms with Crippen LogP contribution in [0.1, 0.15) is 28.3 Å². The van der Waals surface area contributed by atoms with Gasteiger partial charge in [0.2, 0.25) is 5.56 Å². The summed E-state index contributed by atoms with van der Waals surface area (Å²) in [5.74, 6) is -0.146. The molecule has 1 saturated carbocycles. The highest BCUT2D eigenvalue weighted by Gasteiger charge is 2.39. The first-order chi connectivity index (χ1) is 12.5. The van der Waals surface area contributed by atoms with Crippen LogP contribution in [0.15, 0.2) is 59.4 Å². The molecule has 2 aromatic carbocycles. The van der Waals surface area contributed by atoms with Crippen molar-refractivity contribution < 1.29 is 9.72 Å². The van der Waals surface area contributed by atoms with Crippen LogP contribution in [0.2, 0.25) is 0 Å². The molecule has 7 nitrogen and oxygen atoms in total. The highest BCUT2D eigenvalue weighted by Crippen LogP contribution is 2.40. The van der Waals surface area contributed by atoms with Crippen molar-refractivity contribution in [3.05, 3.63) is 86.2 Å². The minimum Gasteiger partial charge on any atom is -0.349 e. The Labute approximate surface area is 147 Å². The zero-order chi connectivity index (χ0) is 18.3. The molecule has 0 saturated heterocycles. The van der Waals surface area contributed by atoms with Crippen molar-refractivity contribution in [2.24, 2.45) is 0 Å². The van der Waals surface area contributed by atoms with Crippen molar-refractivity contribution >= 4 is 22.5 Å². The molecule has 130 valence electrons. The summed E-state index contributed by atoms with van der Waals surface area (Å²) in [6, 6.07) is 15.1. The van der Waals surface area contributed by atoms with Crippen LogP contribution in [0.3, 0.4) is 0 Å². The van der Waals surface area contributed by atoms with E-state index in [-0.39, 0.29) is 23.2 Å². The number of hydrogen-bond acceptors (Lipinski definition) is 4. The number of fused-ring (bicyclic) bond motifs is 1. The van der Waals surface area contributed by atoms with Crippen LogP contribution < -0.4 is 10.9 Å². The van der Waals surface area contributed by atoms with Crippen LogP contribution in [0, 0.1) is 10.1 Å². The lowest BCUT2D eigenvalue weighted by Crippen LogP contribution is -2.28. The SMILES string of the molecule is O=C(N[C@H]1C[C@H]1c1ccccc1)c1cc(=O)[nH]c2ccc([N+](=O)[O-])cc12. The van der Waals surface area contributed by atoms with Crippen LogP contribution in [0.25, 0.3) is 10.9 Å². The highest BCUT2D eigenvalue weighted by atomic mass is 16.6. The molecule has 0 radical (unpaired) electrons. The second-order valence-electron chi connectivity index (χ2n) is 6.37. The predicted octanol–water partition coefficient (Wildman–Crippen LogP) is 2.72. The fourth-order valence-electron chi connectivity index (χ4n) is 3.21. The van der Waals surface area contributed by atoms with Crippen molar-refractivity contribution in [1.29, 1.82) is 0 Å². The van der Waals surface area contributed by atoms with Gasteiger partial charge in [0.1, 0.15) is 0 Å². The number of pyridine rings is 1. The molecule has 1 fully saturated rings. The lowest BCUT2D eigenvalue weighted by Gasteiger charge is -2.08. The van der Waals surface area contributed by atoms with Crippen LogP contribution >= 0.6 is 0 Å². The quantitative estimate of drug-likeness (QED) is 0.558. The zero-order valence-corrected chi connectivity index (χ0v) is 13.6. The molecule has 0 bridgehead atoms.